The predicted octanol–water partition coefficient (Wildman–Crippen LogP) is 4.74. The van der Waals surface area contributed by atoms with E-state index in [4.69, 9.17) is 44.6 Å². The molecule has 0 aliphatic heterocycles. The quantitative estimate of drug-likeness (QED) is 0.328. The summed E-state index contributed by atoms with van der Waals surface area (Å²) in [4.78, 5) is 22.6. The summed E-state index contributed by atoms with van der Waals surface area (Å²) in [7, 11) is 0. The maximum atomic E-state index is 11.5. The number of carboxylic acid groups (broad SMARTS) is 1. The summed E-state index contributed by atoms with van der Waals surface area (Å²) in [5, 5.41) is 9.11. The van der Waals surface area contributed by atoms with E-state index in [1.54, 1.807) is 0 Å². The van der Waals surface area contributed by atoms with E-state index in [0.717, 1.165) is 19.3 Å². The number of aliphatic carboxylic acids is 1. The zero-order valence-electron chi connectivity index (χ0n) is 12.2. The second-order valence-corrected chi connectivity index (χ2v) is 7.59. The van der Waals surface area contributed by atoms with Gasteiger partial charge >= 0.3 is 11.9 Å². The molecule has 4 nitrogen and oxygen atoms in total. The van der Waals surface area contributed by atoms with Crippen LogP contribution in [0.2, 0.25) is 0 Å². The summed E-state index contributed by atoms with van der Waals surface area (Å²) in [5.41, 5.74) is 0. The molecule has 0 rings (SSSR count). The average molecular weight is 362 g/mol. The SMILES string of the molecule is CCCCCCCCC(CC(=O)OCC(Cl)(Cl)Cl)C(=O)O. The molecule has 0 aliphatic carbocycles. The average Bonchev–Trinajstić information content (AvgIpc) is 2.38. The number of rotatable bonds is 11. The van der Waals surface area contributed by atoms with E-state index in [2.05, 4.69) is 6.92 Å². The van der Waals surface area contributed by atoms with Gasteiger partial charge in [0, 0.05) is 0 Å². The topological polar surface area (TPSA) is 63.6 Å². The first-order valence-electron chi connectivity index (χ1n) is 7.21. The molecule has 0 aliphatic rings. The molecule has 0 radical (unpaired) electrons. The van der Waals surface area contributed by atoms with Crippen molar-refractivity contribution in [3.05, 3.63) is 0 Å². The molecule has 1 unspecified atom stereocenters. The number of carbonyl (C=O) groups excluding carboxylic acids is 1. The summed E-state index contributed by atoms with van der Waals surface area (Å²) in [6.07, 6.45) is 6.68. The first-order valence-corrected chi connectivity index (χ1v) is 8.34. The Bertz CT molecular complexity index is 316. The summed E-state index contributed by atoms with van der Waals surface area (Å²) < 4.78 is 3.08. The Morgan fingerprint density at radius 3 is 2.19 bits per heavy atom. The van der Waals surface area contributed by atoms with Crippen LogP contribution in [-0.4, -0.2) is 27.4 Å². The van der Waals surface area contributed by atoms with E-state index < -0.39 is 21.6 Å². The van der Waals surface area contributed by atoms with Gasteiger partial charge in [-0.25, -0.2) is 0 Å². The van der Waals surface area contributed by atoms with Crippen molar-refractivity contribution in [2.24, 2.45) is 5.92 Å². The van der Waals surface area contributed by atoms with E-state index in [9.17, 15) is 9.59 Å². The van der Waals surface area contributed by atoms with Gasteiger partial charge in [-0.3, -0.25) is 9.59 Å². The van der Waals surface area contributed by atoms with Gasteiger partial charge in [-0.1, -0.05) is 80.3 Å². The highest BCUT2D eigenvalue weighted by molar-refractivity contribution is 6.67. The van der Waals surface area contributed by atoms with Crippen molar-refractivity contribution in [3.63, 3.8) is 0 Å². The maximum absolute atomic E-state index is 11.5. The fourth-order valence-corrected chi connectivity index (χ4v) is 2.07. The summed E-state index contributed by atoms with van der Waals surface area (Å²) >= 11 is 16.4. The zero-order valence-corrected chi connectivity index (χ0v) is 14.5. The van der Waals surface area contributed by atoms with Crippen LogP contribution < -0.4 is 0 Å². The van der Waals surface area contributed by atoms with Crippen molar-refractivity contribution in [1.82, 2.24) is 0 Å². The standard InChI is InChI=1S/C14H23Cl3O4/c1-2-3-4-5-6-7-8-11(13(19)20)9-12(18)21-10-14(15,16)17/h11H,2-10H2,1H3,(H,19,20). The van der Waals surface area contributed by atoms with Gasteiger partial charge in [0.1, 0.15) is 6.61 Å². The molecule has 21 heavy (non-hydrogen) atoms. The van der Waals surface area contributed by atoms with Crippen LogP contribution in [0, 0.1) is 5.92 Å². The number of hydrogen-bond acceptors (Lipinski definition) is 3. The summed E-state index contributed by atoms with van der Waals surface area (Å²) in [6, 6.07) is 0. The Labute approximate surface area is 141 Å². The Balaban J connectivity index is 3.96. The van der Waals surface area contributed by atoms with Crippen LogP contribution >= 0.6 is 34.8 Å². The molecular weight excluding hydrogens is 339 g/mol. The van der Waals surface area contributed by atoms with Crippen LogP contribution in [0.1, 0.15) is 58.3 Å². The fourth-order valence-electron chi connectivity index (χ4n) is 1.91. The third-order valence-corrected chi connectivity index (χ3v) is 3.39. The molecule has 124 valence electrons. The fraction of sp³-hybridized carbons (Fsp3) is 0.857. The van der Waals surface area contributed by atoms with Crippen molar-refractivity contribution in [2.45, 2.75) is 62.1 Å². The maximum Gasteiger partial charge on any atom is 0.307 e. The van der Waals surface area contributed by atoms with E-state index in [1.807, 2.05) is 0 Å². The molecule has 0 spiro atoms. The molecule has 0 amide bonds. The Hall–Kier alpha value is -0.190. The minimum absolute atomic E-state index is 0.189. The normalized spacial score (nSPS) is 13.0. The number of ether oxygens (including phenoxy) is 1. The second-order valence-electron chi connectivity index (χ2n) is 5.07. The van der Waals surface area contributed by atoms with Crippen molar-refractivity contribution < 1.29 is 19.4 Å². The second kappa shape index (κ2) is 11.4. The molecule has 0 fully saturated rings. The van der Waals surface area contributed by atoms with Gasteiger partial charge in [-0.15, -0.1) is 0 Å². The van der Waals surface area contributed by atoms with Gasteiger partial charge < -0.3 is 9.84 Å². The van der Waals surface area contributed by atoms with Crippen molar-refractivity contribution in [3.8, 4) is 0 Å². The first kappa shape index (κ1) is 20.8. The largest absolute Gasteiger partial charge is 0.481 e. The summed E-state index contributed by atoms with van der Waals surface area (Å²) in [5.74, 6) is -2.38. The number of carbonyl (C=O) groups is 2. The van der Waals surface area contributed by atoms with Crippen molar-refractivity contribution in [1.29, 1.82) is 0 Å². The molecule has 1 N–H and O–H groups in total. The third-order valence-electron chi connectivity index (χ3n) is 3.07. The molecule has 0 aromatic heterocycles. The number of halogens is 3. The van der Waals surface area contributed by atoms with Crippen molar-refractivity contribution >= 4 is 46.7 Å². The van der Waals surface area contributed by atoms with Crippen LogP contribution in [-0.2, 0) is 14.3 Å². The van der Waals surface area contributed by atoms with Gasteiger partial charge in [0.05, 0.1) is 12.3 Å². The Morgan fingerprint density at radius 2 is 1.67 bits per heavy atom. The van der Waals surface area contributed by atoms with Crippen LogP contribution in [0.15, 0.2) is 0 Å². The van der Waals surface area contributed by atoms with Crippen LogP contribution in [0.25, 0.3) is 0 Å². The Morgan fingerprint density at radius 1 is 1.10 bits per heavy atom. The smallest absolute Gasteiger partial charge is 0.307 e. The number of hydrogen-bond donors (Lipinski definition) is 1. The number of esters is 1. The molecular formula is C14H23Cl3O4. The molecule has 0 saturated heterocycles. The molecule has 0 bridgehead atoms. The predicted molar refractivity (Wildman–Crippen MR) is 85.0 cm³/mol. The highest BCUT2D eigenvalue weighted by Crippen LogP contribution is 2.26. The van der Waals surface area contributed by atoms with Gasteiger partial charge in [-0.05, 0) is 6.42 Å². The van der Waals surface area contributed by atoms with Gasteiger partial charge in [0.15, 0.2) is 0 Å². The van der Waals surface area contributed by atoms with E-state index in [-0.39, 0.29) is 13.0 Å². The molecule has 0 saturated carbocycles. The lowest BCUT2D eigenvalue weighted by Gasteiger charge is -2.14. The van der Waals surface area contributed by atoms with Gasteiger partial charge in [0.2, 0.25) is 3.79 Å². The molecule has 0 aromatic rings. The lowest BCUT2D eigenvalue weighted by atomic mass is 9.97. The number of alkyl halides is 3. The highest BCUT2D eigenvalue weighted by atomic mass is 35.6. The summed E-state index contributed by atoms with van der Waals surface area (Å²) in [6.45, 7) is 1.77. The van der Waals surface area contributed by atoms with E-state index >= 15 is 0 Å². The third kappa shape index (κ3) is 13.2. The van der Waals surface area contributed by atoms with E-state index in [1.165, 1.54) is 19.3 Å². The Kier molecular flexibility index (Phi) is 11.3. The highest BCUT2D eigenvalue weighted by Gasteiger charge is 2.25. The minimum Gasteiger partial charge on any atom is -0.481 e. The molecule has 1 atom stereocenters. The van der Waals surface area contributed by atoms with Crippen LogP contribution in [0.3, 0.4) is 0 Å². The lowest BCUT2D eigenvalue weighted by molar-refractivity contribution is -0.151. The lowest BCUT2D eigenvalue weighted by Crippen LogP contribution is -2.22. The van der Waals surface area contributed by atoms with Crippen molar-refractivity contribution in [2.75, 3.05) is 6.61 Å². The number of unbranched alkanes of at least 4 members (excludes halogenated alkanes) is 5. The van der Waals surface area contributed by atoms with E-state index in [0.29, 0.717) is 6.42 Å². The monoisotopic (exact) mass is 360 g/mol. The zero-order chi connectivity index (χ0) is 16.3. The van der Waals surface area contributed by atoms with Gasteiger partial charge in [0.25, 0.3) is 0 Å². The first-order chi connectivity index (χ1) is 9.76. The van der Waals surface area contributed by atoms with Gasteiger partial charge in [-0.2, -0.15) is 0 Å². The number of carboxylic acids is 1. The molecule has 0 heterocycles. The van der Waals surface area contributed by atoms with Crippen LogP contribution in [0.5, 0.6) is 0 Å². The van der Waals surface area contributed by atoms with Crippen LogP contribution in [0.4, 0.5) is 0 Å². The minimum atomic E-state index is -1.67. The molecule has 0 aromatic carbocycles. The molecule has 7 heteroatoms.